The summed E-state index contributed by atoms with van der Waals surface area (Å²) in [7, 11) is 0. The van der Waals surface area contributed by atoms with E-state index in [-0.39, 0.29) is 0 Å². The van der Waals surface area contributed by atoms with Crippen LogP contribution in [0.1, 0.15) is 12.1 Å². The molecule has 0 atom stereocenters. The molecule has 4 heteroatoms. The Labute approximate surface area is 98.9 Å². The van der Waals surface area contributed by atoms with E-state index in [0.29, 0.717) is 0 Å². The van der Waals surface area contributed by atoms with Crippen LogP contribution in [0.4, 0.5) is 0 Å². The van der Waals surface area contributed by atoms with E-state index in [1.54, 1.807) is 6.33 Å². The van der Waals surface area contributed by atoms with Crippen molar-refractivity contribution in [3.63, 3.8) is 0 Å². The van der Waals surface area contributed by atoms with Crippen molar-refractivity contribution < 1.29 is 2.85 Å². The molecule has 15 heavy (non-hydrogen) atoms. The summed E-state index contributed by atoms with van der Waals surface area (Å²) in [5.74, 6) is 0. The van der Waals surface area contributed by atoms with Crippen molar-refractivity contribution in [2.24, 2.45) is 0 Å². The molecule has 0 spiro atoms. The number of hydrogen-bond acceptors (Lipinski definition) is 3. The van der Waals surface area contributed by atoms with Gasteiger partial charge in [0.15, 0.2) is 0 Å². The fourth-order valence-electron chi connectivity index (χ4n) is 1.82. The summed E-state index contributed by atoms with van der Waals surface area (Å²) in [5, 5.41) is 1.17. The molecule has 0 N–H and O–H groups in total. The molecule has 3 rings (SSSR count). The van der Waals surface area contributed by atoms with Crippen molar-refractivity contribution in [1.82, 2.24) is 9.97 Å². The summed E-state index contributed by atoms with van der Waals surface area (Å²) < 4.78 is 7.03. The molecule has 1 aromatic heterocycles. The van der Waals surface area contributed by atoms with Crippen molar-refractivity contribution in [2.75, 3.05) is 6.61 Å². The first-order chi connectivity index (χ1) is 7.45. The third-order valence-electron chi connectivity index (χ3n) is 2.56. The second-order valence-electron chi connectivity index (χ2n) is 3.50. The predicted octanol–water partition coefficient (Wildman–Crippen LogP) is 1.19. The Bertz CT molecular complexity index is 534. The Balaban J connectivity index is 2.26. The van der Waals surface area contributed by atoms with Gasteiger partial charge in [-0.1, -0.05) is 0 Å². The Morgan fingerprint density at radius 3 is 3.00 bits per heavy atom. The van der Waals surface area contributed by atoms with E-state index in [4.69, 9.17) is 2.85 Å². The van der Waals surface area contributed by atoms with E-state index in [1.807, 2.05) is 18.2 Å². The standard InChI is InChI=1S/C11H9N2O.In/c14-7-3-6-11-9-4-1-2-5-10(9)12-8-13-11;/h1-2,4-5,8H,3,7H2;/q-1;+1. The Hall–Kier alpha value is -0.900. The normalized spacial score (nSPS) is 14.5. The third kappa shape index (κ3) is 1.67. The van der Waals surface area contributed by atoms with Gasteiger partial charge >= 0.3 is 99.2 Å². The van der Waals surface area contributed by atoms with Gasteiger partial charge in [-0.05, 0) is 0 Å². The Morgan fingerprint density at radius 2 is 2.13 bits per heavy atom. The zero-order chi connectivity index (χ0) is 10.1. The van der Waals surface area contributed by atoms with Crippen LogP contribution in [0.2, 0.25) is 0 Å². The summed E-state index contributed by atoms with van der Waals surface area (Å²) in [5.41, 5.74) is 2.17. The van der Waals surface area contributed by atoms with Crippen LogP contribution in [0.3, 0.4) is 0 Å². The van der Waals surface area contributed by atoms with Crippen molar-refractivity contribution in [2.45, 2.75) is 6.42 Å². The van der Waals surface area contributed by atoms with Gasteiger partial charge < -0.3 is 0 Å². The number of fused-ring (bicyclic) bond motifs is 1. The second kappa shape index (κ2) is 3.93. The summed E-state index contributed by atoms with van der Waals surface area (Å²) in [6.45, 7) is 0.898. The molecule has 1 aromatic carbocycles. The van der Waals surface area contributed by atoms with E-state index >= 15 is 0 Å². The van der Waals surface area contributed by atoms with Crippen LogP contribution in [-0.4, -0.2) is 42.7 Å². The molecular formula is C11H9InN2O. The number of para-hydroxylation sites is 1. The van der Waals surface area contributed by atoms with Gasteiger partial charge in [0.05, 0.1) is 0 Å². The van der Waals surface area contributed by atoms with Gasteiger partial charge in [-0.25, -0.2) is 0 Å². The molecule has 0 unspecified atom stereocenters. The molecule has 0 aliphatic carbocycles. The van der Waals surface area contributed by atoms with Gasteiger partial charge in [-0.2, -0.15) is 0 Å². The van der Waals surface area contributed by atoms with E-state index < -0.39 is 22.9 Å². The SMILES string of the molecule is c1ccc2c([C]3=[In][O]CC3)ncnc2c1. The average Bonchev–Trinajstić information content (AvgIpc) is 2.82. The number of benzene rings is 1. The summed E-state index contributed by atoms with van der Waals surface area (Å²) >= 11 is -0.949. The van der Waals surface area contributed by atoms with Gasteiger partial charge in [-0.15, -0.1) is 0 Å². The molecule has 1 aliphatic rings. The number of aromatic nitrogens is 2. The molecule has 3 nitrogen and oxygen atoms in total. The molecular weight excluding hydrogens is 291 g/mol. The fourth-order valence-corrected chi connectivity index (χ4v) is 4.72. The monoisotopic (exact) mass is 300 g/mol. The third-order valence-corrected chi connectivity index (χ3v) is 6.13. The van der Waals surface area contributed by atoms with Gasteiger partial charge in [-0.3, -0.25) is 0 Å². The maximum atomic E-state index is 5.55. The van der Waals surface area contributed by atoms with Crippen molar-refractivity contribution in [1.29, 1.82) is 0 Å². The van der Waals surface area contributed by atoms with Gasteiger partial charge in [0, 0.05) is 0 Å². The van der Waals surface area contributed by atoms with E-state index in [0.717, 1.165) is 24.2 Å². The minimum atomic E-state index is -0.949. The Kier molecular flexibility index (Phi) is 2.44. The van der Waals surface area contributed by atoms with E-state index in [1.165, 1.54) is 8.64 Å². The van der Waals surface area contributed by atoms with Gasteiger partial charge in [0.25, 0.3) is 0 Å². The predicted molar refractivity (Wildman–Crippen MR) is 60.0 cm³/mol. The van der Waals surface area contributed by atoms with Crippen LogP contribution in [0, 0.1) is 0 Å². The molecule has 0 fully saturated rings. The first-order valence-corrected chi connectivity index (χ1v) is 7.95. The quantitative estimate of drug-likeness (QED) is 0.793. The van der Waals surface area contributed by atoms with Gasteiger partial charge in [0.2, 0.25) is 0 Å². The molecule has 0 radical (unpaired) electrons. The first kappa shape index (κ1) is 9.34. The average molecular weight is 300 g/mol. The second-order valence-corrected chi connectivity index (χ2v) is 7.12. The van der Waals surface area contributed by atoms with E-state index in [9.17, 15) is 0 Å². The number of hydrogen-bond donors (Lipinski definition) is 0. The topological polar surface area (TPSA) is 35.0 Å². The number of nitrogens with zero attached hydrogens (tertiary/aromatic N) is 2. The molecule has 0 saturated heterocycles. The van der Waals surface area contributed by atoms with Crippen molar-refractivity contribution in [3.05, 3.63) is 36.3 Å². The molecule has 2 aromatic rings. The minimum absolute atomic E-state index is 0.898. The molecule has 0 bridgehead atoms. The van der Waals surface area contributed by atoms with E-state index in [2.05, 4.69) is 16.0 Å². The van der Waals surface area contributed by atoms with Crippen LogP contribution in [0.15, 0.2) is 30.6 Å². The van der Waals surface area contributed by atoms with Crippen LogP contribution in [-0.2, 0) is 2.85 Å². The van der Waals surface area contributed by atoms with Crippen LogP contribution in [0.25, 0.3) is 10.9 Å². The molecule has 1 aliphatic heterocycles. The summed E-state index contributed by atoms with van der Waals surface area (Å²) in [4.78, 5) is 8.68. The molecule has 0 saturated carbocycles. The van der Waals surface area contributed by atoms with Crippen molar-refractivity contribution >= 4 is 37.0 Å². The van der Waals surface area contributed by atoms with Gasteiger partial charge in [0.1, 0.15) is 0 Å². The zero-order valence-corrected chi connectivity index (χ0v) is 11.5. The number of rotatable bonds is 1. The zero-order valence-electron chi connectivity index (χ0n) is 8.18. The van der Waals surface area contributed by atoms with Crippen LogP contribution < -0.4 is 0 Å². The van der Waals surface area contributed by atoms with Crippen molar-refractivity contribution in [3.8, 4) is 0 Å². The summed E-state index contributed by atoms with van der Waals surface area (Å²) in [6.07, 6.45) is 2.73. The summed E-state index contributed by atoms with van der Waals surface area (Å²) in [6, 6.07) is 8.18. The Morgan fingerprint density at radius 1 is 1.20 bits per heavy atom. The molecule has 72 valence electrons. The maximum absolute atomic E-state index is 5.55. The molecule has 2 heterocycles. The van der Waals surface area contributed by atoms with Crippen LogP contribution in [0.5, 0.6) is 0 Å². The van der Waals surface area contributed by atoms with Crippen LogP contribution >= 0.6 is 0 Å². The fraction of sp³-hybridized carbons (Fsp3) is 0.182. The molecule has 0 amide bonds. The first-order valence-electron chi connectivity index (χ1n) is 4.96.